The third-order valence-corrected chi connectivity index (χ3v) is 12.3. The molecule has 4 aromatic heterocycles. The predicted molar refractivity (Wildman–Crippen MR) is 226 cm³/mol. The van der Waals surface area contributed by atoms with Crippen molar-refractivity contribution in [3.05, 3.63) is 118 Å². The lowest BCUT2D eigenvalue weighted by Crippen LogP contribution is -2.45. The number of halogens is 2. The molecule has 4 aliphatic heterocycles. The van der Waals surface area contributed by atoms with Crippen LogP contribution in [0, 0.1) is 11.6 Å². The number of hydrogen-bond acceptors (Lipinski definition) is 10. The molecule has 4 unspecified atom stereocenters. The number of nitrogens with zero attached hydrogens (tertiary/aromatic N) is 9. The van der Waals surface area contributed by atoms with E-state index in [1.165, 1.54) is 17.7 Å². The Balaban J connectivity index is 0.000000157. The fourth-order valence-electron chi connectivity index (χ4n) is 9.71. The Labute approximate surface area is 352 Å². The Kier molecular flexibility index (Phi) is 11.1. The Morgan fingerprint density at radius 1 is 0.738 bits per heavy atom. The van der Waals surface area contributed by atoms with Crippen LogP contribution in [0.25, 0.3) is 22.4 Å². The first-order chi connectivity index (χ1) is 29.5. The Morgan fingerprint density at radius 2 is 1.26 bits per heavy atom. The summed E-state index contributed by atoms with van der Waals surface area (Å²) in [5.74, 6) is 2.91. The van der Waals surface area contributed by atoms with E-state index in [9.17, 15) is 13.6 Å². The van der Waals surface area contributed by atoms with Crippen LogP contribution in [0.2, 0.25) is 0 Å². The number of carbonyl (C=O) groups is 1. The van der Waals surface area contributed by atoms with Gasteiger partial charge in [0.15, 0.2) is 11.3 Å². The summed E-state index contributed by atoms with van der Waals surface area (Å²) in [6.07, 6.45) is 16.8. The molecule has 0 saturated heterocycles. The van der Waals surface area contributed by atoms with Crippen molar-refractivity contribution in [1.29, 1.82) is 0 Å². The molecule has 2 aromatic carbocycles. The molecule has 1 amide bonds. The molecule has 4 aliphatic rings. The standard InChI is InChI=1S/C24H26FN5O2.C22H24FN5O/c1-14-10-17(11-15(2)30(14)16(3)31)20-12-26-23(29-13-27-28-24(20)29)7-4-18-19-8-9-32-22(19)6-5-21(18)25;1-13-9-15(10-14(2)26-13)18-11-24-21(28-12-25-27-22(18)28)6-3-16-17-7-8-29-20(17)5-4-19(16)23/h5-6,10,12-15H,4,7-9,11H2,1-3H3;4-5,9,11-14,26H,3,6-8,10H2,1-2H3. The maximum absolute atomic E-state index is 14.5. The molecule has 15 heteroatoms. The van der Waals surface area contributed by atoms with Gasteiger partial charge in [0.2, 0.25) is 5.91 Å². The minimum atomic E-state index is -0.198. The zero-order valence-corrected chi connectivity index (χ0v) is 35.2. The van der Waals surface area contributed by atoms with Gasteiger partial charge in [-0.05, 0) is 99.9 Å². The van der Waals surface area contributed by atoms with Gasteiger partial charge >= 0.3 is 0 Å². The summed E-state index contributed by atoms with van der Waals surface area (Å²) < 4.78 is 44.0. The SMILES string of the molecule is CC(=O)N1C(C)C=C(c2cnc(CCc3c(F)ccc4c3CCO4)n3cnnc23)CC1C.CC1C=C(c2cnc(CCc3c(F)ccc4c3CCO4)n3cnnc23)CC(C)N1. The van der Waals surface area contributed by atoms with E-state index in [0.29, 0.717) is 56.5 Å². The quantitative estimate of drug-likeness (QED) is 0.180. The molecule has 13 nitrogen and oxygen atoms in total. The van der Waals surface area contributed by atoms with Crippen LogP contribution in [-0.4, -0.2) is 87.4 Å². The van der Waals surface area contributed by atoms with Gasteiger partial charge in [-0.2, -0.15) is 0 Å². The molecular weight excluding hydrogens is 779 g/mol. The molecule has 8 heterocycles. The number of aromatic nitrogens is 8. The lowest BCUT2D eigenvalue weighted by Gasteiger charge is -2.37. The van der Waals surface area contributed by atoms with Gasteiger partial charge in [0, 0.05) is 91.4 Å². The molecule has 316 valence electrons. The van der Waals surface area contributed by atoms with Crippen molar-refractivity contribution in [1.82, 2.24) is 49.4 Å². The number of benzene rings is 2. The lowest BCUT2D eigenvalue weighted by molar-refractivity contribution is -0.132. The van der Waals surface area contributed by atoms with Crippen molar-refractivity contribution in [2.45, 2.75) is 110 Å². The smallest absolute Gasteiger partial charge is 0.220 e. The second-order valence-electron chi connectivity index (χ2n) is 16.6. The highest BCUT2D eigenvalue weighted by Gasteiger charge is 2.29. The summed E-state index contributed by atoms with van der Waals surface area (Å²) in [5.41, 5.74) is 9.23. The van der Waals surface area contributed by atoms with E-state index in [1.807, 2.05) is 33.0 Å². The summed E-state index contributed by atoms with van der Waals surface area (Å²) in [6, 6.07) is 7.21. The minimum Gasteiger partial charge on any atom is -0.493 e. The molecule has 1 N–H and O–H groups in total. The van der Waals surface area contributed by atoms with Crippen LogP contribution in [-0.2, 0) is 43.3 Å². The number of ether oxygens (including phenoxy) is 2. The third kappa shape index (κ3) is 7.86. The molecule has 0 spiro atoms. The summed E-state index contributed by atoms with van der Waals surface area (Å²) in [6.45, 7) is 11.2. The molecule has 0 fully saturated rings. The average Bonchev–Trinajstić information content (AvgIpc) is 4.07. The van der Waals surface area contributed by atoms with Crippen LogP contribution in [0.4, 0.5) is 8.78 Å². The molecule has 0 saturated carbocycles. The van der Waals surface area contributed by atoms with E-state index < -0.39 is 0 Å². The highest BCUT2D eigenvalue weighted by atomic mass is 19.1. The number of rotatable bonds is 8. The van der Waals surface area contributed by atoms with Crippen LogP contribution in [0.1, 0.15) is 92.5 Å². The van der Waals surface area contributed by atoms with E-state index in [1.54, 1.807) is 31.7 Å². The molecule has 10 rings (SSSR count). The van der Waals surface area contributed by atoms with Crippen LogP contribution in [0.15, 0.2) is 61.5 Å². The third-order valence-electron chi connectivity index (χ3n) is 12.3. The zero-order chi connectivity index (χ0) is 42.4. The fraction of sp³-hybridized carbons (Fsp3) is 0.413. The normalized spacial score (nSPS) is 20.7. The van der Waals surface area contributed by atoms with E-state index in [2.05, 4.69) is 58.6 Å². The Hall–Kier alpha value is -6.09. The fourth-order valence-corrected chi connectivity index (χ4v) is 9.71. The van der Waals surface area contributed by atoms with Crippen LogP contribution in [0.3, 0.4) is 0 Å². The summed E-state index contributed by atoms with van der Waals surface area (Å²) in [4.78, 5) is 23.3. The highest BCUT2D eigenvalue weighted by Crippen LogP contribution is 2.34. The van der Waals surface area contributed by atoms with E-state index in [4.69, 9.17) is 19.4 Å². The molecule has 0 radical (unpaired) electrons. The van der Waals surface area contributed by atoms with Crippen molar-refractivity contribution < 1.29 is 23.0 Å². The van der Waals surface area contributed by atoms with E-state index >= 15 is 0 Å². The van der Waals surface area contributed by atoms with Gasteiger partial charge in [-0.25, -0.2) is 18.7 Å². The summed E-state index contributed by atoms with van der Waals surface area (Å²) >= 11 is 0. The second-order valence-corrected chi connectivity index (χ2v) is 16.6. The van der Waals surface area contributed by atoms with E-state index in [-0.39, 0.29) is 29.6 Å². The molecule has 4 atom stereocenters. The van der Waals surface area contributed by atoms with Crippen LogP contribution < -0.4 is 14.8 Å². The molecule has 61 heavy (non-hydrogen) atoms. The number of amides is 1. The van der Waals surface area contributed by atoms with Crippen LogP contribution in [0.5, 0.6) is 11.5 Å². The number of fused-ring (bicyclic) bond motifs is 4. The maximum Gasteiger partial charge on any atom is 0.220 e. The molecule has 6 aromatic rings. The van der Waals surface area contributed by atoms with Gasteiger partial charge in [0.25, 0.3) is 0 Å². The molecule has 0 aliphatic carbocycles. The molecular formula is C46H50F2N10O3. The van der Waals surface area contributed by atoms with Gasteiger partial charge in [-0.1, -0.05) is 12.2 Å². The second kappa shape index (κ2) is 16.8. The summed E-state index contributed by atoms with van der Waals surface area (Å²) in [7, 11) is 0. The van der Waals surface area contributed by atoms with Gasteiger partial charge in [0.05, 0.1) is 13.2 Å². The van der Waals surface area contributed by atoms with Crippen molar-refractivity contribution in [3.8, 4) is 11.5 Å². The highest BCUT2D eigenvalue weighted by molar-refractivity contribution is 5.80. The largest absolute Gasteiger partial charge is 0.493 e. The first-order valence-electron chi connectivity index (χ1n) is 21.2. The van der Waals surface area contributed by atoms with Crippen molar-refractivity contribution in [2.24, 2.45) is 0 Å². The van der Waals surface area contributed by atoms with Gasteiger partial charge in [-0.15, -0.1) is 20.4 Å². The number of hydrogen-bond donors (Lipinski definition) is 1. The van der Waals surface area contributed by atoms with Crippen molar-refractivity contribution in [3.63, 3.8) is 0 Å². The van der Waals surface area contributed by atoms with Gasteiger partial charge < -0.3 is 19.7 Å². The Morgan fingerprint density at radius 3 is 1.75 bits per heavy atom. The van der Waals surface area contributed by atoms with Crippen molar-refractivity contribution >= 4 is 28.3 Å². The van der Waals surface area contributed by atoms with Gasteiger partial charge in [0.1, 0.15) is 47.4 Å². The van der Waals surface area contributed by atoms with Gasteiger partial charge in [-0.3, -0.25) is 13.6 Å². The van der Waals surface area contributed by atoms with Crippen LogP contribution >= 0.6 is 0 Å². The predicted octanol–water partition coefficient (Wildman–Crippen LogP) is 6.53. The zero-order valence-electron chi connectivity index (χ0n) is 35.2. The number of nitrogens with one attached hydrogen (secondary N) is 1. The first kappa shape index (κ1) is 40.3. The maximum atomic E-state index is 14.5. The number of aryl methyl sites for hydroxylation is 2. The summed E-state index contributed by atoms with van der Waals surface area (Å²) in [5, 5.41) is 20.4. The molecule has 0 bridgehead atoms. The average molecular weight is 829 g/mol. The lowest BCUT2D eigenvalue weighted by atomic mass is 9.92. The van der Waals surface area contributed by atoms with E-state index in [0.717, 1.165) is 93.5 Å². The first-order valence-corrected chi connectivity index (χ1v) is 21.2. The van der Waals surface area contributed by atoms with Crippen molar-refractivity contribution in [2.75, 3.05) is 13.2 Å². The number of carbonyl (C=O) groups excluding carboxylic acids is 1. The monoisotopic (exact) mass is 828 g/mol. The Bertz CT molecular complexity index is 2710. The topological polar surface area (TPSA) is 137 Å². The minimum absolute atomic E-state index is 0.000678.